The molecule has 1 aliphatic carbocycles. The minimum absolute atomic E-state index is 0.0393. The molecule has 16 heteroatoms. The number of fused-ring (bicyclic) bond motifs is 1. The van der Waals surface area contributed by atoms with Crippen LogP contribution in [0.15, 0.2) is 48.9 Å². The monoisotopic (exact) mass is 843 g/mol. The van der Waals surface area contributed by atoms with Crippen molar-refractivity contribution in [1.82, 2.24) is 36.1 Å². The Morgan fingerprint density at radius 3 is 2.34 bits per heavy atom. The molecule has 3 aliphatic rings. The first-order chi connectivity index (χ1) is 25.4. The second kappa shape index (κ2) is 18.0. The highest BCUT2D eigenvalue weighted by Crippen LogP contribution is 2.41. The Labute approximate surface area is 321 Å². The Kier molecular flexibility index (Phi) is 13.5. The van der Waals surface area contributed by atoms with Gasteiger partial charge in [-0.05, 0) is 37.2 Å². The van der Waals surface area contributed by atoms with Crippen LogP contribution in [0, 0.1) is 11.8 Å². The first-order valence-electron chi connectivity index (χ1n) is 18.2. The molecular weight excluding hydrogens is 797 g/mol. The third-order valence-electron chi connectivity index (χ3n) is 10.5. The fraction of sp³-hybridized carbons (Fsp3) is 0.541. The number of ketones is 1. The highest BCUT2D eigenvalue weighted by Gasteiger charge is 2.57. The summed E-state index contributed by atoms with van der Waals surface area (Å²) in [4.78, 5) is 103. The van der Waals surface area contributed by atoms with Crippen molar-refractivity contribution in [3.05, 3.63) is 60.2 Å². The van der Waals surface area contributed by atoms with Gasteiger partial charge < -0.3 is 31.3 Å². The number of Topliss-reactive ketones (excluding diaryl/α,β-unsaturated/α-hetero) is 1. The molecule has 284 valence electrons. The number of aromatic nitrogens is 2. The Bertz CT molecular complexity index is 1680. The number of hydrogen-bond acceptors (Lipinski definition) is 9. The normalized spacial score (nSPS) is 24.3. The predicted molar refractivity (Wildman–Crippen MR) is 199 cm³/mol. The van der Waals surface area contributed by atoms with Crippen LogP contribution in [0.2, 0.25) is 0 Å². The van der Waals surface area contributed by atoms with E-state index in [1.807, 2.05) is 6.92 Å². The van der Waals surface area contributed by atoms with Crippen LogP contribution in [-0.4, -0.2) is 101 Å². The zero-order chi connectivity index (χ0) is 38.2. The van der Waals surface area contributed by atoms with Crippen molar-refractivity contribution in [1.29, 1.82) is 0 Å². The van der Waals surface area contributed by atoms with E-state index in [1.54, 1.807) is 37.3 Å². The summed E-state index contributed by atoms with van der Waals surface area (Å²) in [5.74, 6) is -6.02. The van der Waals surface area contributed by atoms with Crippen LogP contribution in [0.1, 0.15) is 81.3 Å². The van der Waals surface area contributed by atoms with E-state index in [2.05, 4.69) is 53.8 Å². The third-order valence-corrected chi connectivity index (χ3v) is 11.7. The second-order valence-electron chi connectivity index (χ2n) is 14.1. The lowest BCUT2D eigenvalue weighted by atomic mass is 9.83. The molecule has 3 heterocycles. The molecule has 2 saturated heterocycles. The molecular formula is C37H46IN7O8. The molecule has 5 rings (SSSR count). The maximum Gasteiger partial charge on any atom is 0.326 e. The number of benzene rings is 1. The van der Waals surface area contributed by atoms with Gasteiger partial charge in [0.2, 0.25) is 23.5 Å². The van der Waals surface area contributed by atoms with E-state index in [9.17, 15) is 38.7 Å². The molecule has 5 amide bonds. The third kappa shape index (κ3) is 9.37. The number of aliphatic carboxylic acids is 1. The highest BCUT2D eigenvalue weighted by atomic mass is 127. The highest BCUT2D eigenvalue weighted by molar-refractivity contribution is 14.1. The maximum atomic E-state index is 14.1. The van der Waals surface area contributed by atoms with Gasteiger partial charge in [0.25, 0.3) is 11.8 Å². The van der Waals surface area contributed by atoms with E-state index >= 15 is 0 Å². The summed E-state index contributed by atoms with van der Waals surface area (Å²) in [6, 6.07) is 2.83. The predicted octanol–water partition coefficient (Wildman–Crippen LogP) is 1.73. The molecule has 1 aromatic carbocycles. The molecule has 0 spiro atoms. The number of hydrogen-bond donors (Lipinski definition) is 5. The van der Waals surface area contributed by atoms with Crippen LogP contribution in [0.4, 0.5) is 0 Å². The first kappa shape index (κ1) is 39.7. The van der Waals surface area contributed by atoms with Gasteiger partial charge in [0.1, 0.15) is 29.9 Å². The van der Waals surface area contributed by atoms with Crippen LogP contribution in [-0.2, 0) is 35.2 Å². The van der Waals surface area contributed by atoms with Crippen LogP contribution in [0.5, 0.6) is 0 Å². The number of carboxylic acid groups (broad SMARTS) is 1. The van der Waals surface area contributed by atoms with Gasteiger partial charge in [0.05, 0.1) is 12.2 Å². The molecule has 53 heavy (non-hydrogen) atoms. The molecule has 3 fully saturated rings. The smallest absolute Gasteiger partial charge is 0.326 e. The number of halogens is 1. The van der Waals surface area contributed by atoms with Crippen molar-refractivity contribution in [2.24, 2.45) is 11.8 Å². The number of amides is 5. The van der Waals surface area contributed by atoms with E-state index in [1.165, 1.54) is 23.5 Å². The summed E-state index contributed by atoms with van der Waals surface area (Å²) in [7, 11) is 0. The minimum atomic E-state index is -1.37. The van der Waals surface area contributed by atoms with E-state index in [0.717, 1.165) is 32.1 Å². The average Bonchev–Trinajstić information content (AvgIpc) is 3.62. The van der Waals surface area contributed by atoms with Gasteiger partial charge in [-0.2, -0.15) is 0 Å². The first-order valence-corrected chi connectivity index (χ1v) is 19.4. The number of rotatable bonds is 15. The summed E-state index contributed by atoms with van der Waals surface area (Å²) in [5, 5.41) is 20.5. The van der Waals surface area contributed by atoms with Gasteiger partial charge in [0, 0.05) is 34.7 Å². The molecule has 2 aromatic rings. The van der Waals surface area contributed by atoms with Crippen molar-refractivity contribution < 1.29 is 38.7 Å². The summed E-state index contributed by atoms with van der Waals surface area (Å²) < 4.78 is -0.324. The lowest BCUT2D eigenvalue weighted by Crippen LogP contribution is -2.58. The number of nitrogens with zero attached hydrogens (tertiary/aromatic N) is 3. The van der Waals surface area contributed by atoms with Crippen molar-refractivity contribution >= 4 is 63.9 Å². The molecule has 1 saturated carbocycles. The van der Waals surface area contributed by atoms with Gasteiger partial charge in [0.15, 0.2) is 0 Å². The summed E-state index contributed by atoms with van der Waals surface area (Å²) in [6.45, 7) is 3.62. The number of carboxylic acids is 1. The second-order valence-corrected chi connectivity index (χ2v) is 15.7. The van der Waals surface area contributed by atoms with Gasteiger partial charge >= 0.3 is 5.97 Å². The van der Waals surface area contributed by atoms with Crippen LogP contribution in [0.25, 0.3) is 0 Å². The molecule has 0 bridgehead atoms. The summed E-state index contributed by atoms with van der Waals surface area (Å²) in [5.41, 5.74) is 0.727. The van der Waals surface area contributed by atoms with E-state index in [-0.39, 0.29) is 40.3 Å². The van der Waals surface area contributed by atoms with Gasteiger partial charge in [-0.25, -0.2) is 9.78 Å². The lowest BCUT2D eigenvalue weighted by molar-refractivity contribution is -0.145. The Morgan fingerprint density at radius 2 is 1.70 bits per heavy atom. The SMILES string of the molecule is CCCC(NC(=O)[C@@H]1[C@@H](I)CC2C(C)[C@H](NC(=O)[C@@H](NC(=O)c3cnccn3)C3CCCCC3)C(=O)N21)C(=O)C(=O)N[C@@H](Cc1ccccc1)C(=O)O. The van der Waals surface area contributed by atoms with Crippen LogP contribution >= 0.6 is 22.6 Å². The van der Waals surface area contributed by atoms with E-state index < -0.39 is 71.5 Å². The maximum absolute atomic E-state index is 14.1. The Hall–Kier alpha value is -4.48. The quantitative estimate of drug-likeness (QED) is 0.0995. The Morgan fingerprint density at radius 1 is 0.981 bits per heavy atom. The topological polar surface area (TPSA) is 217 Å². The summed E-state index contributed by atoms with van der Waals surface area (Å²) >= 11 is 2.11. The van der Waals surface area contributed by atoms with E-state index in [0.29, 0.717) is 18.4 Å². The van der Waals surface area contributed by atoms with Crippen molar-refractivity contribution in [3.63, 3.8) is 0 Å². The lowest BCUT2D eigenvalue weighted by Gasteiger charge is -2.31. The number of nitrogens with one attached hydrogen (secondary N) is 4. The molecule has 15 nitrogen and oxygen atoms in total. The molecule has 5 N–H and O–H groups in total. The average molecular weight is 844 g/mol. The molecule has 0 radical (unpaired) electrons. The number of alkyl halides is 1. The fourth-order valence-electron chi connectivity index (χ4n) is 7.71. The van der Waals surface area contributed by atoms with Gasteiger partial charge in [-0.1, -0.05) is 92.5 Å². The molecule has 8 atom stereocenters. The minimum Gasteiger partial charge on any atom is -0.480 e. The number of carbonyl (C=O) groups excluding carboxylic acids is 6. The molecule has 3 unspecified atom stereocenters. The van der Waals surface area contributed by atoms with Gasteiger partial charge in [-0.15, -0.1) is 0 Å². The zero-order valence-electron chi connectivity index (χ0n) is 29.7. The molecule has 2 aliphatic heterocycles. The van der Waals surface area contributed by atoms with Crippen molar-refractivity contribution in [2.45, 2.75) is 112 Å². The van der Waals surface area contributed by atoms with Crippen molar-refractivity contribution in [3.8, 4) is 0 Å². The Balaban J connectivity index is 1.26. The van der Waals surface area contributed by atoms with Crippen molar-refractivity contribution in [2.75, 3.05) is 0 Å². The zero-order valence-corrected chi connectivity index (χ0v) is 31.9. The standard InChI is InChI=1S/C37H46IN7O8/c1-3-10-24(31(46)35(50)42-25(37(52)53)17-21-11-6-4-7-12-21)41-34(49)30-23(38)18-27-20(2)28(36(51)45(27)30)43-33(48)29(22-13-8-5-9-14-22)44-32(47)26-19-39-15-16-40-26/h4,6-7,11-12,15-16,19-20,22-25,27-30H,3,5,8-10,13-14,17-18H2,1-2H3,(H,41,49)(H,42,50)(H,43,48)(H,44,47)(H,52,53)/t20?,23-,24?,25-,27?,28-,29-,30-/m0/s1. The number of carbonyl (C=O) groups is 7. The van der Waals surface area contributed by atoms with Gasteiger partial charge in [-0.3, -0.25) is 33.8 Å². The van der Waals surface area contributed by atoms with Crippen LogP contribution < -0.4 is 21.3 Å². The largest absolute Gasteiger partial charge is 0.480 e. The van der Waals surface area contributed by atoms with E-state index in [4.69, 9.17) is 0 Å². The molecule has 1 aromatic heterocycles. The van der Waals surface area contributed by atoms with Crippen LogP contribution in [0.3, 0.4) is 0 Å². The fourth-order valence-corrected chi connectivity index (χ4v) is 8.90. The summed E-state index contributed by atoms with van der Waals surface area (Å²) in [6.07, 6.45) is 9.44.